The van der Waals surface area contributed by atoms with Gasteiger partial charge in [0.25, 0.3) is 0 Å². The number of fused-ring (bicyclic) bond motifs is 7. The van der Waals surface area contributed by atoms with Crippen molar-refractivity contribution in [1.29, 1.82) is 0 Å². The van der Waals surface area contributed by atoms with Crippen molar-refractivity contribution in [3.63, 3.8) is 0 Å². The van der Waals surface area contributed by atoms with Gasteiger partial charge < -0.3 is 5.21 Å². The van der Waals surface area contributed by atoms with Gasteiger partial charge in [0.1, 0.15) is 0 Å². The summed E-state index contributed by atoms with van der Waals surface area (Å²) in [6, 6.07) is 0. The van der Waals surface area contributed by atoms with Crippen LogP contribution in [-0.4, -0.2) is 10.9 Å². The highest BCUT2D eigenvalue weighted by atomic mass is 16.4. The minimum Gasteiger partial charge on any atom is -0.411 e. The molecule has 5 aliphatic rings. The summed E-state index contributed by atoms with van der Waals surface area (Å²) in [4.78, 5) is 0. The van der Waals surface area contributed by atoms with Crippen LogP contribution in [0.1, 0.15) is 113 Å². The Kier molecular flexibility index (Phi) is 4.94. The molecule has 0 aromatic heterocycles. The van der Waals surface area contributed by atoms with Crippen LogP contribution < -0.4 is 0 Å². The Bertz CT molecular complexity index is 842. The summed E-state index contributed by atoms with van der Waals surface area (Å²) in [7, 11) is 0. The quantitative estimate of drug-likeness (QED) is 0.248. The van der Waals surface area contributed by atoms with E-state index in [4.69, 9.17) is 0 Å². The smallest absolute Gasteiger partial charge is 0.0630 e. The summed E-state index contributed by atoms with van der Waals surface area (Å²) in [5.74, 6) is 3.88. The van der Waals surface area contributed by atoms with Crippen molar-refractivity contribution in [2.24, 2.45) is 61.8 Å². The van der Waals surface area contributed by atoms with Gasteiger partial charge in [-0.2, -0.15) is 0 Å². The Morgan fingerprint density at radius 2 is 1.56 bits per heavy atom. The molecular weight excluding hydrogens is 390 g/mol. The minimum absolute atomic E-state index is 0.0163. The molecule has 0 aromatic carbocycles. The predicted octanol–water partition coefficient (Wildman–Crippen LogP) is 8.49. The fourth-order valence-corrected chi connectivity index (χ4v) is 11.5. The molecule has 0 saturated heterocycles. The number of allylic oxidation sites excluding steroid dienone is 1. The summed E-state index contributed by atoms with van der Waals surface area (Å²) < 4.78 is 0. The first-order chi connectivity index (χ1) is 14.8. The molecule has 2 heteroatoms. The maximum atomic E-state index is 9.74. The molecule has 5 fully saturated rings. The lowest BCUT2D eigenvalue weighted by molar-refractivity contribution is -0.226. The second-order valence-electron chi connectivity index (χ2n) is 14.6. The normalized spacial score (nSPS) is 55.5. The van der Waals surface area contributed by atoms with Crippen LogP contribution >= 0.6 is 0 Å². The predicted molar refractivity (Wildman–Crippen MR) is 134 cm³/mol. The van der Waals surface area contributed by atoms with Gasteiger partial charge in [-0.25, -0.2) is 0 Å². The largest absolute Gasteiger partial charge is 0.411 e. The van der Waals surface area contributed by atoms with E-state index in [1.165, 1.54) is 63.4 Å². The van der Waals surface area contributed by atoms with E-state index in [9.17, 15) is 5.21 Å². The van der Waals surface area contributed by atoms with Gasteiger partial charge in [0, 0.05) is 5.41 Å². The van der Waals surface area contributed by atoms with Crippen LogP contribution in [0.5, 0.6) is 0 Å². The van der Waals surface area contributed by atoms with Crippen LogP contribution in [0, 0.1) is 56.7 Å². The first-order valence-electron chi connectivity index (χ1n) is 13.7. The lowest BCUT2D eigenvalue weighted by atomic mass is 9.32. The van der Waals surface area contributed by atoms with Crippen LogP contribution in [0.2, 0.25) is 0 Å². The Balaban J connectivity index is 1.54. The van der Waals surface area contributed by atoms with E-state index in [2.05, 4.69) is 60.2 Å². The van der Waals surface area contributed by atoms with Gasteiger partial charge in [0.15, 0.2) is 0 Å². The van der Waals surface area contributed by atoms with Gasteiger partial charge in [-0.05, 0) is 122 Å². The monoisotopic (exact) mass is 439 g/mol. The molecule has 1 N–H and O–H groups in total. The SMILES string of the molecule is C=C(C)[C@@H]1CC[C@]2(C)CC[C@]3(C)[C@H](CC[C@H]4[C@@]5(C)CC/C(=N\O)C(C)(C)[C@@H]5CC[C@]43C)[C@H]12. The van der Waals surface area contributed by atoms with Crippen molar-refractivity contribution in [3.05, 3.63) is 12.2 Å². The van der Waals surface area contributed by atoms with Crippen LogP contribution in [0.3, 0.4) is 0 Å². The van der Waals surface area contributed by atoms with E-state index in [-0.39, 0.29) is 5.41 Å². The van der Waals surface area contributed by atoms with E-state index < -0.39 is 0 Å². The van der Waals surface area contributed by atoms with Crippen molar-refractivity contribution >= 4 is 5.71 Å². The molecule has 0 radical (unpaired) electrons. The Morgan fingerprint density at radius 1 is 0.844 bits per heavy atom. The average Bonchev–Trinajstić information content (AvgIpc) is 3.06. The summed E-state index contributed by atoms with van der Waals surface area (Å²) in [6.45, 7) is 22.2. The van der Waals surface area contributed by atoms with E-state index in [1.807, 2.05) is 0 Å². The highest BCUT2D eigenvalue weighted by molar-refractivity contribution is 5.90. The van der Waals surface area contributed by atoms with E-state index in [0.29, 0.717) is 27.6 Å². The van der Waals surface area contributed by atoms with Crippen molar-refractivity contribution in [2.45, 2.75) is 113 Å². The lowest BCUT2D eigenvalue weighted by Crippen LogP contribution is -2.66. The maximum Gasteiger partial charge on any atom is 0.0630 e. The molecule has 5 saturated carbocycles. The summed E-state index contributed by atoms with van der Waals surface area (Å²) in [6.07, 6.45) is 13.3. The summed E-state index contributed by atoms with van der Waals surface area (Å²) in [5.41, 5.74) is 4.29. The van der Waals surface area contributed by atoms with Crippen LogP contribution in [0.4, 0.5) is 0 Å². The second kappa shape index (κ2) is 6.88. The van der Waals surface area contributed by atoms with Gasteiger partial charge in [-0.15, -0.1) is 0 Å². The van der Waals surface area contributed by atoms with Gasteiger partial charge in [-0.3, -0.25) is 0 Å². The molecule has 0 heterocycles. The molecule has 0 unspecified atom stereocenters. The molecule has 0 aliphatic heterocycles. The Hall–Kier alpha value is -0.790. The second-order valence-corrected chi connectivity index (χ2v) is 14.6. The van der Waals surface area contributed by atoms with Crippen LogP contribution in [0.15, 0.2) is 17.3 Å². The van der Waals surface area contributed by atoms with Crippen molar-refractivity contribution in [3.8, 4) is 0 Å². The fraction of sp³-hybridized carbons (Fsp3) is 0.900. The van der Waals surface area contributed by atoms with Crippen LogP contribution in [0.25, 0.3) is 0 Å². The standard InChI is InChI=1S/C30H49NO/c1-19(2)20-11-14-27(5)17-18-29(7)21(25(20)27)9-10-23-28(6)15-13-24(31-32)26(3,4)22(28)12-16-30(23,29)8/h20-23,25,32H,1,9-18H2,2-8H3/b31-24+/t20-,21+,22-,23-,25-,27+,28-,29+,30+/m0/s1. The number of oxime groups is 1. The first kappa shape index (κ1) is 23.0. The first-order valence-corrected chi connectivity index (χ1v) is 13.7. The van der Waals surface area contributed by atoms with Gasteiger partial charge in [-0.1, -0.05) is 58.9 Å². The maximum absolute atomic E-state index is 9.74. The number of hydrogen-bond donors (Lipinski definition) is 1. The number of hydrogen-bond acceptors (Lipinski definition) is 2. The summed E-state index contributed by atoms with van der Waals surface area (Å²) in [5, 5.41) is 13.5. The molecule has 2 nitrogen and oxygen atoms in total. The molecule has 0 amide bonds. The Morgan fingerprint density at radius 3 is 2.22 bits per heavy atom. The molecule has 0 aromatic rings. The highest BCUT2D eigenvalue weighted by Crippen LogP contribution is 2.77. The third kappa shape index (κ3) is 2.62. The van der Waals surface area contributed by atoms with Gasteiger partial charge in [0.2, 0.25) is 0 Å². The zero-order valence-corrected chi connectivity index (χ0v) is 22.1. The third-order valence-corrected chi connectivity index (χ3v) is 13.4. The molecule has 9 atom stereocenters. The van der Waals surface area contributed by atoms with Crippen molar-refractivity contribution in [1.82, 2.24) is 0 Å². The molecule has 5 rings (SSSR count). The third-order valence-electron chi connectivity index (χ3n) is 13.4. The van der Waals surface area contributed by atoms with E-state index in [0.717, 1.165) is 35.8 Å². The van der Waals surface area contributed by atoms with Crippen molar-refractivity contribution < 1.29 is 5.21 Å². The molecule has 32 heavy (non-hydrogen) atoms. The lowest BCUT2D eigenvalue weighted by Gasteiger charge is -2.72. The summed E-state index contributed by atoms with van der Waals surface area (Å²) >= 11 is 0. The fourth-order valence-electron chi connectivity index (χ4n) is 11.5. The topological polar surface area (TPSA) is 32.6 Å². The molecular formula is C30H49NO. The highest BCUT2D eigenvalue weighted by Gasteiger charge is 2.70. The molecule has 0 spiro atoms. The molecule has 0 bridgehead atoms. The van der Waals surface area contributed by atoms with Gasteiger partial charge in [0.05, 0.1) is 5.71 Å². The zero-order valence-electron chi connectivity index (χ0n) is 22.1. The zero-order chi connectivity index (χ0) is 23.3. The average molecular weight is 440 g/mol. The molecule has 5 aliphatic carbocycles. The number of rotatable bonds is 1. The number of nitrogens with zero attached hydrogens (tertiary/aromatic N) is 1. The van der Waals surface area contributed by atoms with Gasteiger partial charge >= 0.3 is 0 Å². The Labute approximate surface area is 197 Å². The van der Waals surface area contributed by atoms with Crippen molar-refractivity contribution in [2.75, 3.05) is 0 Å². The van der Waals surface area contributed by atoms with E-state index in [1.54, 1.807) is 0 Å². The van der Waals surface area contributed by atoms with Crippen LogP contribution in [-0.2, 0) is 0 Å². The van der Waals surface area contributed by atoms with E-state index >= 15 is 0 Å². The molecule has 180 valence electrons. The minimum atomic E-state index is 0.0163.